The summed E-state index contributed by atoms with van der Waals surface area (Å²) in [7, 11) is 2.00. The number of ether oxygens (including phenoxy) is 1. The van der Waals surface area contributed by atoms with Crippen molar-refractivity contribution in [3.63, 3.8) is 0 Å². The van der Waals surface area contributed by atoms with Gasteiger partial charge in [0.15, 0.2) is 0 Å². The number of hydrogen-bond acceptors (Lipinski definition) is 14. The van der Waals surface area contributed by atoms with Crippen molar-refractivity contribution < 1.29 is 33.1 Å². The van der Waals surface area contributed by atoms with Crippen LogP contribution in [0, 0.1) is 34.0 Å². The maximum atomic E-state index is 14.8. The summed E-state index contributed by atoms with van der Waals surface area (Å²) < 4.78 is 22.8. The van der Waals surface area contributed by atoms with Gasteiger partial charge in [0, 0.05) is 108 Å². The minimum absolute atomic E-state index is 0.0200. The van der Waals surface area contributed by atoms with Crippen LogP contribution in [0.2, 0.25) is 0 Å². The van der Waals surface area contributed by atoms with Gasteiger partial charge in [0.2, 0.25) is 29.5 Å². The van der Waals surface area contributed by atoms with E-state index in [4.69, 9.17) is 20.5 Å². The Hall–Kier alpha value is -14.8. The number of benzene rings is 11. The highest BCUT2D eigenvalue weighted by Gasteiger charge is 2.28. The molecule has 20 nitrogen and oxygen atoms in total. The van der Waals surface area contributed by atoms with Crippen molar-refractivity contribution in [3.05, 3.63) is 282 Å². The number of nitriles is 3. The molecule has 0 aliphatic carbocycles. The lowest BCUT2D eigenvalue weighted by atomic mass is 9.86. The van der Waals surface area contributed by atoms with Gasteiger partial charge in [0.25, 0.3) is 0 Å². The number of nitrogens with one attached hydrogen (secondary N) is 10. The van der Waals surface area contributed by atoms with Gasteiger partial charge in [0.1, 0.15) is 18.2 Å². The molecule has 0 saturated heterocycles. The number of fused-ring (bicyclic) bond motifs is 6. The molecular formula is C100H97FN14O6. The minimum Gasteiger partial charge on any atom is -0.489 e. The summed E-state index contributed by atoms with van der Waals surface area (Å²) in [5.74, 6) is 0.467. The second-order valence-electron chi connectivity index (χ2n) is 32.0. The second-order valence-corrected chi connectivity index (χ2v) is 32.0. The first-order chi connectivity index (χ1) is 58.3. The maximum absolute atomic E-state index is 14.8. The number of amides is 5. The number of para-hydroxylation sites is 5. The van der Waals surface area contributed by atoms with E-state index in [2.05, 4.69) is 163 Å². The van der Waals surface area contributed by atoms with Crippen LogP contribution in [0.1, 0.15) is 126 Å². The third-order valence-corrected chi connectivity index (χ3v) is 21.1. The lowest BCUT2D eigenvalue weighted by Crippen LogP contribution is -2.19. The molecule has 6 heterocycles. The van der Waals surface area contributed by atoms with E-state index < -0.39 is 5.83 Å². The Kier molecular flexibility index (Phi) is 26.5. The van der Waals surface area contributed by atoms with Crippen molar-refractivity contribution in [3.8, 4) is 68.6 Å². The first-order valence-corrected chi connectivity index (χ1v) is 40.5. The molecule has 11 aromatic carbocycles. The van der Waals surface area contributed by atoms with Gasteiger partial charge in [-0.1, -0.05) is 185 Å². The Morgan fingerprint density at radius 1 is 0.430 bits per heavy atom. The van der Waals surface area contributed by atoms with Gasteiger partial charge in [0.05, 0.1) is 98.3 Å². The predicted octanol–water partition coefficient (Wildman–Crippen LogP) is 21.5. The highest BCUT2D eigenvalue weighted by Crippen LogP contribution is 2.44. The molecule has 0 radical (unpaired) electrons. The Labute approximate surface area is 705 Å². The Bertz CT molecular complexity index is 6010. The van der Waals surface area contributed by atoms with Crippen molar-refractivity contribution in [1.82, 2.24) is 4.57 Å². The van der Waals surface area contributed by atoms with Crippen LogP contribution in [0.5, 0.6) is 5.75 Å². The van der Waals surface area contributed by atoms with Crippen LogP contribution in [0.15, 0.2) is 243 Å². The number of nitrogens with zero attached hydrogens (tertiary/aromatic N) is 4. The van der Waals surface area contributed by atoms with E-state index in [1.807, 2.05) is 175 Å². The molecule has 0 fully saturated rings. The van der Waals surface area contributed by atoms with Crippen LogP contribution >= 0.6 is 0 Å². The molecule has 10 N–H and O–H groups in total. The molecule has 5 aliphatic rings. The summed E-state index contributed by atoms with van der Waals surface area (Å²) in [5.41, 5.74) is 23.7. The van der Waals surface area contributed by atoms with Crippen molar-refractivity contribution >= 4 is 109 Å². The van der Waals surface area contributed by atoms with Gasteiger partial charge in [-0.25, -0.2) is 4.39 Å². The van der Waals surface area contributed by atoms with Gasteiger partial charge in [-0.15, -0.1) is 0 Å². The molecule has 0 unspecified atom stereocenters. The van der Waals surface area contributed by atoms with Crippen LogP contribution in [-0.4, -0.2) is 64.3 Å². The summed E-state index contributed by atoms with van der Waals surface area (Å²) in [4.78, 5) is 59.5. The number of rotatable bonds is 10. The summed E-state index contributed by atoms with van der Waals surface area (Å²) in [5, 5.41) is 59.6. The van der Waals surface area contributed by atoms with Crippen LogP contribution in [0.4, 0.5) is 61.3 Å². The SMILES string of the molecule is C[C@@H]1CC(=O)Nc2cccc(-c3cc4ccc(C#N)cc4n3C)c2N1.C[C@@H]1CC(=O)Nc2cccc(-c3ccc(C(C)(C)C)cc3)c2N1.C[C@@H]1CC(=O)Nc2cccc(-c3ccc(OCc4ccccc4)cc3)c2N1.C[C@@H]1CC(=O)Nc2cccc(-c3cccc(CC#N)c3)c2N1.C[C@H]1CC(=O)Nc2cccc(/C(F)=C/c3ccc(C#N)cc3)c2N1. The molecule has 5 atom stereocenters. The molecule has 0 bridgehead atoms. The number of carbonyl (C=O) groups excluding carboxylic acids is 5. The van der Waals surface area contributed by atoms with E-state index >= 15 is 0 Å². The van der Waals surface area contributed by atoms with E-state index in [1.54, 1.807) is 42.5 Å². The summed E-state index contributed by atoms with van der Waals surface area (Å²) in [6.45, 7) is 17.1. The van der Waals surface area contributed by atoms with Gasteiger partial charge in [-0.3, -0.25) is 24.0 Å². The van der Waals surface area contributed by atoms with Gasteiger partial charge >= 0.3 is 0 Å². The molecule has 12 aromatic rings. The molecule has 1 aromatic heterocycles. The van der Waals surface area contributed by atoms with E-state index in [0.29, 0.717) is 78.8 Å². The molecule has 5 amide bonds. The Balaban J connectivity index is 0.000000131. The normalized spacial score (nSPS) is 16.8. The van der Waals surface area contributed by atoms with E-state index in [1.165, 1.54) is 11.6 Å². The Morgan fingerprint density at radius 3 is 1.30 bits per heavy atom. The molecule has 0 saturated carbocycles. The maximum Gasteiger partial charge on any atom is 0.226 e. The largest absolute Gasteiger partial charge is 0.489 e. The van der Waals surface area contributed by atoms with Crippen LogP contribution in [0.3, 0.4) is 0 Å². The number of aromatic nitrogens is 1. The number of anilines is 10. The van der Waals surface area contributed by atoms with E-state index in [-0.39, 0.29) is 65.2 Å². The van der Waals surface area contributed by atoms with Gasteiger partial charge < -0.3 is 62.5 Å². The van der Waals surface area contributed by atoms with E-state index in [9.17, 15) is 28.4 Å². The number of halogens is 1. The zero-order valence-electron chi connectivity index (χ0n) is 69.1. The third-order valence-electron chi connectivity index (χ3n) is 21.1. The average molecular weight is 1610 g/mol. The zero-order chi connectivity index (χ0) is 85.4. The van der Waals surface area contributed by atoms with Crippen molar-refractivity contribution in [2.75, 3.05) is 53.2 Å². The summed E-state index contributed by atoms with van der Waals surface area (Å²) in [6, 6.07) is 84.9. The highest BCUT2D eigenvalue weighted by atomic mass is 19.1. The lowest BCUT2D eigenvalue weighted by Gasteiger charge is -2.20. The van der Waals surface area contributed by atoms with Crippen molar-refractivity contribution in [1.29, 1.82) is 15.8 Å². The van der Waals surface area contributed by atoms with Crippen LogP contribution in [0.25, 0.3) is 67.4 Å². The number of aryl methyl sites for hydroxylation is 1. The second kappa shape index (κ2) is 38.1. The topological polar surface area (TPSA) is 291 Å². The quantitative estimate of drug-likeness (QED) is 0.0570. The fraction of sp³-hybridized carbons (Fsp3) is 0.220. The summed E-state index contributed by atoms with van der Waals surface area (Å²) >= 11 is 0. The average Bonchev–Trinajstić information content (AvgIpc) is 1.67. The minimum atomic E-state index is -0.410. The molecule has 121 heavy (non-hydrogen) atoms. The standard InChI is InChI=1S/C23H22N2O2.C20H18N4O.C20H24N2O.C19H16FN3O.C18H17N3O/c1-16-14-22(26)25-21-9-5-8-20(23(21)24-16)18-10-12-19(13-11-18)27-15-17-6-3-2-4-7-17;1-12-8-19(25)23-16-5-3-4-15(20(16)22-12)18-10-14-7-6-13(11-21)9-17(14)24(18)2;1-13-12-18(23)22-17-7-5-6-16(19(17)21-13)14-8-10-15(11-9-14)20(2,3)4;1-12-9-18(24)23-17-4-2-3-15(19(17)22-12)16(20)10-13-5-7-14(11-21)8-6-13;1-12-10-17(22)21-16-7-3-6-15(18(16)20-12)14-5-2-4-13(11-14)8-9-19/h2-13,16,24H,14-15H2,1H3,(H,25,26);3-7,9-10,12,22H,8H2,1-2H3,(H,23,25);5-11,13,21H,12H2,1-4H3,(H,22,23);2-8,10,12,22H,9H2,1H3,(H,23,24);2-7,11-12,20H,8,10H2,1H3,(H,21,22)/b;;;16-10-;/t16-;12-;13-;2*12-/m11101/s1. The van der Waals surface area contributed by atoms with Crippen molar-refractivity contribution in [2.45, 2.75) is 136 Å². The van der Waals surface area contributed by atoms with Crippen LogP contribution < -0.4 is 57.9 Å². The first-order valence-electron chi connectivity index (χ1n) is 40.5. The molecule has 0 spiro atoms. The number of carbonyl (C=O) groups is 5. The Morgan fingerprint density at radius 2 is 0.835 bits per heavy atom. The fourth-order valence-corrected chi connectivity index (χ4v) is 15.2. The van der Waals surface area contributed by atoms with Gasteiger partial charge in [-0.05, 0) is 164 Å². The monoisotopic (exact) mass is 1610 g/mol. The number of hydrogen-bond donors (Lipinski definition) is 10. The lowest BCUT2D eigenvalue weighted by molar-refractivity contribution is -0.117. The first kappa shape index (κ1) is 84.2. The predicted molar refractivity (Wildman–Crippen MR) is 486 cm³/mol. The molecule has 610 valence electrons. The van der Waals surface area contributed by atoms with Crippen LogP contribution in [-0.2, 0) is 49.5 Å². The molecule has 21 heteroatoms. The highest BCUT2D eigenvalue weighted by molar-refractivity contribution is 6.05. The van der Waals surface area contributed by atoms with Gasteiger partial charge in [-0.2, -0.15) is 15.8 Å². The zero-order valence-corrected chi connectivity index (χ0v) is 69.1. The molecule has 17 rings (SSSR count). The molecular weight excluding hydrogens is 1510 g/mol. The van der Waals surface area contributed by atoms with Crippen molar-refractivity contribution in [2.24, 2.45) is 7.05 Å². The summed E-state index contributed by atoms with van der Waals surface area (Å²) in [6.07, 6.45) is 3.96. The smallest absolute Gasteiger partial charge is 0.226 e. The van der Waals surface area contributed by atoms with E-state index in [0.717, 1.165) is 118 Å². The fourth-order valence-electron chi connectivity index (χ4n) is 15.2. The molecule has 5 aliphatic heterocycles. The third kappa shape index (κ3) is 21.2.